The van der Waals surface area contributed by atoms with Crippen molar-refractivity contribution in [3.63, 3.8) is 0 Å². The molecule has 1 heterocycles. The topological polar surface area (TPSA) is 37.4 Å². The maximum absolute atomic E-state index is 12.4. The van der Waals surface area contributed by atoms with Gasteiger partial charge in [-0.3, -0.25) is 9.59 Å². The van der Waals surface area contributed by atoms with Crippen LogP contribution in [0, 0.1) is 5.92 Å². The van der Waals surface area contributed by atoms with Crippen LogP contribution in [0.5, 0.6) is 0 Å². The third-order valence-electron chi connectivity index (χ3n) is 3.73. The van der Waals surface area contributed by atoms with Gasteiger partial charge in [-0.25, -0.2) is 0 Å². The lowest BCUT2D eigenvalue weighted by Crippen LogP contribution is -2.61. The summed E-state index contributed by atoms with van der Waals surface area (Å²) >= 11 is 3.40. The summed E-state index contributed by atoms with van der Waals surface area (Å²) in [4.78, 5) is 25.8. The highest BCUT2D eigenvalue weighted by Gasteiger charge is 2.46. The number of hydrogen-bond acceptors (Lipinski definition) is 2. The Bertz CT molecular complexity index is 536. The highest BCUT2D eigenvalue weighted by Crippen LogP contribution is 2.36. The number of ketones is 1. The van der Waals surface area contributed by atoms with Gasteiger partial charge in [0.2, 0.25) is 5.91 Å². The Morgan fingerprint density at radius 3 is 2.45 bits per heavy atom. The summed E-state index contributed by atoms with van der Waals surface area (Å²) in [7, 11) is 0. The highest BCUT2D eigenvalue weighted by molar-refractivity contribution is 9.10. The third-order valence-corrected chi connectivity index (χ3v) is 4.26. The van der Waals surface area contributed by atoms with E-state index in [-0.39, 0.29) is 29.6 Å². The van der Waals surface area contributed by atoms with E-state index in [1.165, 1.54) is 6.08 Å². The van der Waals surface area contributed by atoms with Crippen molar-refractivity contribution in [3.05, 3.63) is 47.0 Å². The zero-order valence-electron chi connectivity index (χ0n) is 11.7. The maximum Gasteiger partial charge on any atom is 0.246 e. The van der Waals surface area contributed by atoms with E-state index in [2.05, 4.69) is 22.5 Å². The zero-order valence-corrected chi connectivity index (χ0v) is 13.3. The van der Waals surface area contributed by atoms with E-state index in [0.717, 1.165) is 10.0 Å². The average Bonchev–Trinajstić information content (AvgIpc) is 2.39. The predicted octanol–water partition coefficient (Wildman–Crippen LogP) is 3.15. The second-order valence-electron chi connectivity index (χ2n) is 5.35. The molecule has 2 atom stereocenters. The molecule has 1 aliphatic rings. The van der Waals surface area contributed by atoms with Gasteiger partial charge in [0.25, 0.3) is 0 Å². The first-order chi connectivity index (χ1) is 9.45. The molecule has 0 bridgehead atoms. The van der Waals surface area contributed by atoms with Gasteiger partial charge >= 0.3 is 0 Å². The minimum absolute atomic E-state index is 0.0848. The summed E-state index contributed by atoms with van der Waals surface area (Å²) < 4.78 is 1.01. The fourth-order valence-corrected chi connectivity index (χ4v) is 2.80. The number of rotatable bonds is 4. The smallest absolute Gasteiger partial charge is 0.246 e. The molecule has 0 radical (unpaired) electrons. The highest BCUT2D eigenvalue weighted by atomic mass is 79.9. The molecule has 106 valence electrons. The predicted molar refractivity (Wildman–Crippen MR) is 82.4 cm³/mol. The normalized spacial score (nSPS) is 21.5. The first-order valence-corrected chi connectivity index (χ1v) is 7.47. The van der Waals surface area contributed by atoms with Crippen LogP contribution >= 0.6 is 15.9 Å². The Morgan fingerprint density at radius 2 is 1.95 bits per heavy atom. The van der Waals surface area contributed by atoms with Gasteiger partial charge in [0.05, 0.1) is 6.04 Å². The van der Waals surface area contributed by atoms with E-state index >= 15 is 0 Å². The number of amides is 1. The molecule has 1 fully saturated rings. The summed E-state index contributed by atoms with van der Waals surface area (Å²) in [6.45, 7) is 7.82. The monoisotopic (exact) mass is 335 g/mol. The molecule has 0 saturated carbocycles. The third kappa shape index (κ3) is 2.70. The minimum Gasteiger partial charge on any atom is -0.328 e. The number of halogens is 1. The number of benzene rings is 1. The van der Waals surface area contributed by atoms with Crippen LogP contribution in [0.25, 0.3) is 0 Å². The second kappa shape index (κ2) is 5.92. The van der Waals surface area contributed by atoms with Crippen molar-refractivity contribution in [1.82, 2.24) is 4.90 Å². The molecule has 3 nitrogen and oxygen atoms in total. The molecule has 1 aromatic carbocycles. The fourth-order valence-electron chi connectivity index (χ4n) is 2.54. The number of nitrogens with zero attached hydrogens (tertiary/aromatic N) is 1. The van der Waals surface area contributed by atoms with Gasteiger partial charge in [-0.05, 0) is 23.8 Å². The van der Waals surface area contributed by atoms with Crippen LogP contribution in [-0.2, 0) is 9.59 Å². The summed E-state index contributed by atoms with van der Waals surface area (Å²) in [6, 6.07) is 7.58. The second-order valence-corrected chi connectivity index (χ2v) is 6.27. The van der Waals surface area contributed by atoms with Crippen molar-refractivity contribution < 1.29 is 9.59 Å². The standard InChI is InChI=1S/C16H18BrNO2/c1-4-14(19)18-9-13(15(18)16(20)10(2)3)11-5-7-12(17)8-6-11/h4-8,10,13,15H,1,9H2,2-3H3. The van der Waals surface area contributed by atoms with E-state index in [1.807, 2.05) is 38.1 Å². The molecule has 1 aliphatic heterocycles. The van der Waals surface area contributed by atoms with Gasteiger partial charge in [0, 0.05) is 22.9 Å². The van der Waals surface area contributed by atoms with Gasteiger partial charge in [-0.15, -0.1) is 0 Å². The lowest BCUT2D eigenvalue weighted by atomic mass is 9.77. The molecular formula is C16H18BrNO2. The van der Waals surface area contributed by atoms with Crippen molar-refractivity contribution in [1.29, 1.82) is 0 Å². The molecule has 0 N–H and O–H groups in total. The van der Waals surface area contributed by atoms with Crippen molar-refractivity contribution in [2.75, 3.05) is 6.54 Å². The fraction of sp³-hybridized carbons (Fsp3) is 0.375. The van der Waals surface area contributed by atoms with Gasteiger partial charge in [-0.2, -0.15) is 0 Å². The first kappa shape index (κ1) is 15.0. The van der Waals surface area contributed by atoms with Crippen LogP contribution in [0.1, 0.15) is 25.3 Å². The van der Waals surface area contributed by atoms with E-state index in [4.69, 9.17) is 0 Å². The summed E-state index contributed by atoms with van der Waals surface area (Å²) in [5.41, 5.74) is 1.10. The molecule has 0 spiro atoms. The van der Waals surface area contributed by atoms with Crippen molar-refractivity contribution in [2.45, 2.75) is 25.8 Å². The van der Waals surface area contributed by atoms with E-state index < -0.39 is 0 Å². The Hall–Kier alpha value is -1.42. The van der Waals surface area contributed by atoms with Crippen LogP contribution in [-0.4, -0.2) is 29.2 Å². The van der Waals surface area contributed by atoms with Crippen LogP contribution in [0.3, 0.4) is 0 Å². The minimum atomic E-state index is -0.360. The molecule has 1 aromatic rings. The van der Waals surface area contributed by atoms with Crippen LogP contribution in [0.15, 0.2) is 41.4 Å². The Labute approximate surface area is 127 Å². The summed E-state index contributed by atoms with van der Waals surface area (Å²) in [5, 5.41) is 0. The Balaban J connectivity index is 2.26. The summed E-state index contributed by atoms with van der Waals surface area (Å²) in [6.07, 6.45) is 1.28. The molecular weight excluding hydrogens is 318 g/mol. The molecule has 0 aromatic heterocycles. The van der Waals surface area contributed by atoms with Crippen molar-refractivity contribution in [3.8, 4) is 0 Å². The lowest BCUT2D eigenvalue weighted by molar-refractivity contribution is -0.146. The molecule has 1 amide bonds. The van der Waals surface area contributed by atoms with E-state index in [1.54, 1.807) is 4.90 Å². The average molecular weight is 336 g/mol. The number of carbonyl (C=O) groups excluding carboxylic acids is 2. The van der Waals surface area contributed by atoms with Crippen molar-refractivity contribution in [2.24, 2.45) is 5.92 Å². The first-order valence-electron chi connectivity index (χ1n) is 6.68. The largest absolute Gasteiger partial charge is 0.328 e. The summed E-state index contributed by atoms with van der Waals surface area (Å²) in [5.74, 6) is -0.0583. The molecule has 1 saturated heterocycles. The SMILES string of the molecule is C=CC(=O)N1CC(c2ccc(Br)cc2)C1C(=O)C(C)C. The van der Waals surface area contributed by atoms with E-state index in [0.29, 0.717) is 6.54 Å². The van der Waals surface area contributed by atoms with Gasteiger partial charge < -0.3 is 4.90 Å². The molecule has 2 unspecified atom stereocenters. The Morgan fingerprint density at radius 1 is 1.35 bits per heavy atom. The van der Waals surface area contributed by atoms with Crippen LogP contribution in [0.4, 0.5) is 0 Å². The van der Waals surface area contributed by atoms with Crippen LogP contribution in [0.2, 0.25) is 0 Å². The van der Waals surface area contributed by atoms with Gasteiger partial charge in [0.15, 0.2) is 5.78 Å². The molecule has 20 heavy (non-hydrogen) atoms. The Kier molecular flexibility index (Phi) is 4.43. The van der Waals surface area contributed by atoms with Gasteiger partial charge in [0.1, 0.15) is 0 Å². The number of hydrogen-bond donors (Lipinski definition) is 0. The quantitative estimate of drug-likeness (QED) is 0.792. The molecule has 2 rings (SSSR count). The number of carbonyl (C=O) groups is 2. The van der Waals surface area contributed by atoms with E-state index in [9.17, 15) is 9.59 Å². The zero-order chi connectivity index (χ0) is 14.9. The van der Waals surface area contributed by atoms with Crippen LogP contribution < -0.4 is 0 Å². The lowest BCUT2D eigenvalue weighted by Gasteiger charge is -2.47. The molecule has 4 heteroatoms. The number of Topliss-reactive ketones (excluding diaryl/α,β-unsaturated/α-hetero) is 1. The number of likely N-dealkylation sites (tertiary alicyclic amines) is 1. The maximum atomic E-state index is 12.4. The van der Waals surface area contributed by atoms with Crippen molar-refractivity contribution >= 4 is 27.6 Å². The molecule has 0 aliphatic carbocycles. The van der Waals surface area contributed by atoms with Gasteiger partial charge in [-0.1, -0.05) is 48.5 Å².